The number of nitrogens with zero attached hydrogens (tertiary/aromatic N) is 4. The minimum Gasteiger partial charge on any atom is -0.270 e. The molecule has 0 aromatic carbocycles. The minimum absolute atomic E-state index is 0.413. The van der Waals surface area contributed by atoms with E-state index < -0.39 is 0 Å². The summed E-state index contributed by atoms with van der Waals surface area (Å²) < 4.78 is 1.96. The summed E-state index contributed by atoms with van der Waals surface area (Å²) in [5.74, 6) is 0.826. The summed E-state index contributed by atoms with van der Waals surface area (Å²) >= 11 is 1.62. The predicted octanol–water partition coefficient (Wildman–Crippen LogP) is 1.87. The van der Waals surface area contributed by atoms with Crippen molar-refractivity contribution >= 4 is 11.8 Å². The van der Waals surface area contributed by atoms with Crippen molar-refractivity contribution in [2.45, 2.75) is 30.7 Å². The Morgan fingerprint density at radius 1 is 1.53 bits per heavy atom. The normalized spacial score (nSPS) is 11.1. The van der Waals surface area contributed by atoms with Crippen LogP contribution in [0.4, 0.5) is 0 Å². The van der Waals surface area contributed by atoms with E-state index in [-0.39, 0.29) is 0 Å². The zero-order chi connectivity index (χ0) is 10.7. The number of aromatic nitrogens is 5. The van der Waals surface area contributed by atoms with E-state index in [9.17, 15) is 0 Å². The number of thioether (sulfide) groups is 1. The van der Waals surface area contributed by atoms with Crippen molar-refractivity contribution in [3.05, 3.63) is 24.2 Å². The molecule has 0 bridgehead atoms. The quantitative estimate of drug-likeness (QED) is 0.804. The molecule has 0 saturated carbocycles. The van der Waals surface area contributed by atoms with Gasteiger partial charge < -0.3 is 0 Å². The van der Waals surface area contributed by atoms with Gasteiger partial charge in [0.1, 0.15) is 5.03 Å². The maximum Gasteiger partial charge on any atom is 0.139 e. The van der Waals surface area contributed by atoms with Crippen LogP contribution in [0.2, 0.25) is 0 Å². The zero-order valence-corrected chi connectivity index (χ0v) is 9.53. The lowest BCUT2D eigenvalue weighted by atomic mass is 10.4. The zero-order valence-electron chi connectivity index (χ0n) is 8.71. The van der Waals surface area contributed by atoms with Gasteiger partial charge in [0, 0.05) is 18.0 Å². The van der Waals surface area contributed by atoms with Gasteiger partial charge in [0.15, 0.2) is 0 Å². The highest BCUT2D eigenvalue weighted by Gasteiger charge is 2.03. The van der Waals surface area contributed by atoms with E-state index in [4.69, 9.17) is 0 Å². The molecule has 2 rings (SSSR count). The van der Waals surface area contributed by atoms with Crippen molar-refractivity contribution in [1.29, 1.82) is 0 Å². The molecular weight excluding hydrogens is 210 g/mol. The molecule has 1 N–H and O–H groups in total. The van der Waals surface area contributed by atoms with Gasteiger partial charge in [0.05, 0.1) is 11.9 Å². The standard InChI is InChI=1S/C9H13N5S/c1-7(2)14-4-3-8(12-14)6-15-9-5-10-13-11-9/h3-5,7H,6H2,1-2H3,(H,10,11,13). The molecule has 0 unspecified atom stereocenters. The molecule has 5 nitrogen and oxygen atoms in total. The summed E-state index contributed by atoms with van der Waals surface area (Å²) in [4.78, 5) is 0. The van der Waals surface area contributed by atoms with Gasteiger partial charge in [0.2, 0.25) is 0 Å². The van der Waals surface area contributed by atoms with E-state index in [0.29, 0.717) is 6.04 Å². The van der Waals surface area contributed by atoms with E-state index in [0.717, 1.165) is 16.5 Å². The Kier molecular flexibility index (Phi) is 3.05. The van der Waals surface area contributed by atoms with Gasteiger partial charge >= 0.3 is 0 Å². The lowest BCUT2D eigenvalue weighted by Crippen LogP contribution is -2.01. The summed E-state index contributed by atoms with van der Waals surface area (Å²) in [6.07, 6.45) is 3.72. The predicted molar refractivity (Wildman–Crippen MR) is 58.6 cm³/mol. The van der Waals surface area contributed by atoms with Crippen LogP contribution in [0.5, 0.6) is 0 Å². The monoisotopic (exact) mass is 223 g/mol. The molecule has 2 aromatic rings. The highest BCUT2D eigenvalue weighted by Crippen LogP contribution is 2.18. The third-order valence-corrected chi connectivity index (χ3v) is 2.89. The van der Waals surface area contributed by atoms with Crippen molar-refractivity contribution in [2.75, 3.05) is 0 Å². The van der Waals surface area contributed by atoms with Gasteiger partial charge in [-0.15, -0.1) is 5.10 Å². The Balaban J connectivity index is 1.94. The third kappa shape index (κ3) is 2.59. The number of rotatable bonds is 4. The first-order valence-electron chi connectivity index (χ1n) is 4.78. The maximum absolute atomic E-state index is 4.45. The largest absolute Gasteiger partial charge is 0.270 e. The number of aromatic amines is 1. The van der Waals surface area contributed by atoms with Crippen molar-refractivity contribution in [3.8, 4) is 0 Å². The third-order valence-electron chi connectivity index (χ3n) is 1.95. The molecule has 0 aliphatic carbocycles. The number of H-pyrrole nitrogens is 1. The molecule has 0 aliphatic heterocycles. The molecule has 0 aliphatic rings. The second kappa shape index (κ2) is 4.48. The van der Waals surface area contributed by atoms with Crippen LogP contribution < -0.4 is 0 Å². The number of hydrogen-bond donors (Lipinski definition) is 1. The number of nitrogens with one attached hydrogen (secondary N) is 1. The van der Waals surface area contributed by atoms with E-state index in [1.54, 1.807) is 18.0 Å². The molecule has 0 atom stereocenters. The summed E-state index contributed by atoms with van der Waals surface area (Å²) in [5, 5.41) is 15.6. The Bertz CT molecular complexity index is 406. The van der Waals surface area contributed by atoms with Crippen LogP contribution in [-0.2, 0) is 5.75 Å². The second-order valence-corrected chi connectivity index (χ2v) is 4.47. The second-order valence-electron chi connectivity index (χ2n) is 3.48. The Morgan fingerprint density at radius 3 is 3.00 bits per heavy atom. The van der Waals surface area contributed by atoms with Gasteiger partial charge in [-0.3, -0.25) is 4.68 Å². The first-order chi connectivity index (χ1) is 7.25. The molecular formula is C9H13N5S. The Labute approximate surface area is 92.3 Å². The molecule has 15 heavy (non-hydrogen) atoms. The molecule has 2 heterocycles. The van der Waals surface area contributed by atoms with Crippen LogP contribution >= 0.6 is 11.8 Å². The van der Waals surface area contributed by atoms with Crippen molar-refractivity contribution in [2.24, 2.45) is 0 Å². The Hall–Kier alpha value is -1.30. The first-order valence-corrected chi connectivity index (χ1v) is 5.77. The van der Waals surface area contributed by atoms with Crippen LogP contribution in [-0.4, -0.2) is 25.2 Å². The SMILES string of the molecule is CC(C)n1ccc(CSc2cn[nH]n2)n1. The van der Waals surface area contributed by atoms with Crippen LogP contribution in [0.15, 0.2) is 23.5 Å². The molecule has 0 radical (unpaired) electrons. The van der Waals surface area contributed by atoms with Gasteiger partial charge in [-0.05, 0) is 19.9 Å². The average Bonchev–Trinajstić information content (AvgIpc) is 2.86. The maximum atomic E-state index is 4.45. The van der Waals surface area contributed by atoms with Gasteiger partial charge in [-0.2, -0.15) is 15.4 Å². The molecule has 0 fully saturated rings. The highest BCUT2D eigenvalue weighted by atomic mass is 32.2. The molecule has 6 heteroatoms. The van der Waals surface area contributed by atoms with Gasteiger partial charge in [-0.1, -0.05) is 11.8 Å². The highest BCUT2D eigenvalue weighted by molar-refractivity contribution is 7.98. The average molecular weight is 223 g/mol. The molecule has 0 saturated heterocycles. The fraction of sp³-hybridized carbons (Fsp3) is 0.444. The van der Waals surface area contributed by atoms with E-state index in [1.165, 1.54) is 0 Å². The summed E-state index contributed by atoms with van der Waals surface area (Å²) in [5.41, 5.74) is 1.07. The molecule has 2 aromatic heterocycles. The minimum atomic E-state index is 0.413. The van der Waals surface area contributed by atoms with Gasteiger partial charge in [0.25, 0.3) is 0 Å². The van der Waals surface area contributed by atoms with Crippen LogP contribution in [0, 0.1) is 0 Å². The van der Waals surface area contributed by atoms with Gasteiger partial charge in [-0.25, -0.2) is 0 Å². The molecule has 0 amide bonds. The van der Waals surface area contributed by atoms with Crippen molar-refractivity contribution in [1.82, 2.24) is 25.2 Å². The fourth-order valence-corrected chi connectivity index (χ4v) is 1.83. The summed E-state index contributed by atoms with van der Waals surface area (Å²) in [7, 11) is 0. The molecule has 0 spiro atoms. The smallest absolute Gasteiger partial charge is 0.139 e. The number of hydrogen-bond acceptors (Lipinski definition) is 4. The first kappa shape index (κ1) is 10.2. The van der Waals surface area contributed by atoms with Crippen LogP contribution in [0.25, 0.3) is 0 Å². The van der Waals surface area contributed by atoms with E-state index >= 15 is 0 Å². The van der Waals surface area contributed by atoms with E-state index in [1.807, 2.05) is 16.9 Å². The Morgan fingerprint density at radius 2 is 2.40 bits per heavy atom. The molecule has 80 valence electrons. The lowest BCUT2D eigenvalue weighted by molar-refractivity contribution is 0.529. The van der Waals surface area contributed by atoms with Crippen molar-refractivity contribution < 1.29 is 0 Å². The fourth-order valence-electron chi connectivity index (χ4n) is 1.15. The summed E-state index contributed by atoms with van der Waals surface area (Å²) in [6, 6.07) is 2.45. The van der Waals surface area contributed by atoms with Crippen LogP contribution in [0.3, 0.4) is 0 Å². The van der Waals surface area contributed by atoms with Crippen LogP contribution in [0.1, 0.15) is 25.6 Å². The van der Waals surface area contributed by atoms with Crippen molar-refractivity contribution in [3.63, 3.8) is 0 Å². The summed E-state index contributed by atoms with van der Waals surface area (Å²) in [6.45, 7) is 4.23. The topological polar surface area (TPSA) is 59.4 Å². The van der Waals surface area contributed by atoms with E-state index in [2.05, 4.69) is 34.4 Å². The lowest BCUT2D eigenvalue weighted by Gasteiger charge is -2.03.